The molecule has 0 saturated carbocycles. The van der Waals surface area contributed by atoms with Gasteiger partial charge in [0.05, 0.1) is 11.4 Å². The molecule has 1 nitrogen and oxygen atoms in total. The Morgan fingerprint density at radius 3 is 3.00 bits per heavy atom. The first-order chi connectivity index (χ1) is 9.31. The molecule has 0 aliphatic carbocycles. The van der Waals surface area contributed by atoms with Crippen molar-refractivity contribution in [2.24, 2.45) is 0 Å². The van der Waals surface area contributed by atoms with Crippen LogP contribution in [-0.4, -0.2) is 6.61 Å². The van der Waals surface area contributed by atoms with Crippen molar-refractivity contribution in [3.63, 3.8) is 0 Å². The highest BCUT2D eigenvalue weighted by Crippen LogP contribution is 2.41. The molecule has 4 rings (SSSR count). The summed E-state index contributed by atoms with van der Waals surface area (Å²) in [4.78, 5) is 1.66. The average molecular weight is 351 g/mol. The fourth-order valence-electron chi connectivity index (χ4n) is 2.44. The molecule has 0 amide bonds. The smallest absolute Gasteiger partial charge is 0.122 e. The van der Waals surface area contributed by atoms with Crippen LogP contribution in [0.1, 0.15) is 20.8 Å². The maximum absolute atomic E-state index is 5.56. The number of hydrogen-bond acceptors (Lipinski definition) is 3. The third-order valence-corrected chi connectivity index (χ3v) is 6.90. The molecule has 1 aromatic carbocycles. The van der Waals surface area contributed by atoms with Gasteiger partial charge in [-0.05, 0) is 34.7 Å². The quantitative estimate of drug-likeness (QED) is 0.563. The van der Waals surface area contributed by atoms with Gasteiger partial charge in [0.25, 0.3) is 0 Å². The van der Waals surface area contributed by atoms with E-state index >= 15 is 0 Å². The summed E-state index contributed by atoms with van der Waals surface area (Å²) in [5.41, 5.74) is 2.65. The summed E-state index contributed by atoms with van der Waals surface area (Å²) in [5, 5.41) is 2.15. The van der Waals surface area contributed by atoms with Crippen LogP contribution in [0.4, 0.5) is 0 Å². The second-order valence-electron chi connectivity index (χ2n) is 4.63. The van der Waals surface area contributed by atoms with Crippen molar-refractivity contribution in [2.45, 2.75) is 11.2 Å². The first-order valence-corrected chi connectivity index (χ1v) is 8.79. The molecule has 3 heterocycles. The van der Waals surface area contributed by atoms with Crippen LogP contribution in [0.2, 0.25) is 0 Å². The lowest BCUT2D eigenvalue weighted by Crippen LogP contribution is -1.90. The zero-order chi connectivity index (χ0) is 12.8. The molecule has 0 fully saturated rings. The summed E-state index contributed by atoms with van der Waals surface area (Å²) in [6, 6.07) is 11.0. The van der Waals surface area contributed by atoms with Crippen LogP contribution in [0.25, 0.3) is 9.40 Å². The lowest BCUT2D eigenvalue weighted by molar-refractivity contribution is 0.357. The highest BCUT2D eigenvalue weighted by Gasteiger charge is 2.18. The summed E-state index contributed by atoms with van der Waals surface area (Å²) in [6.45, 7) is 0.820. The standard InChI is InChI=1S/C15H11BrOS2/c16-15(14-8-13-12(19-14)4-6-18-13)10-1-2-11-9(7-10)3-5-17-11/h1-2,4,6-8,15H,3,5H2. The van der Waals surface area contributed by atoms with Crippen LogP contribution in [0, 0.1) is 0 Å². The molecule has 4 heteroatoms. The molecule has 1 unspecified atom stereocenters. The highest BCUT2D eigenvalue weighted by atomic mass is 79.9. The van der Waals surface area contributed by atoms with E-state index in [0.717, 1.165) is 18.8 Å². The van der Waals surface area contributed by atoms with E-state index in [1.807, 2.05) is 22.7 Å². The molecule has 1 aliphatic heterocycles. The first kappa shape index (κ1) is 11.9. The predicted octanol–water partition coefficient (Wildman–Crippen LogP) is 5.38. The third-order valence-electron chi connectivity index (χ3n) is 3.41. The summed E-state index contributed by atoms with van der Waals surface area (Å²) in [5.74, 6) is 1.05. The van der Waals surface area contributed by atoms with E-state index < -0.39 is 0 Å². The predicted molar refractivity (Wildman–Crippen MR) is 86.1 cm³/mol. The first-order valence-electron chi connectivity index (χ1n) is 6.18. The van der Waals surface area contributed by atoms with Crippen molar-refractivity contribution in [3.05, 3.63) is 51.7 Å². The van der Waals surface area contributed by atoms with E-state index in [1.165, 1.54) is 25.4 Å². The van der Waals surface area contributed by atoms with Gasteiger partial charge in [-0.1, -0.05) is 28.1 Å². The van der Waals surface area contributed by atoms with E-state index in [4.69, 9.17) is 4.74 Å². The van der Waals surface area contributed by atoms with Gasteiger partial charge >= 0.3 is 0 Å². The minimum absolute atomic E-state index is 0.281. The Bertz CT molecular complexity index is 715. The van der Waals surface area contributed by atoms with E-state index in [-0.39, 0.29) is 4.83 Å². The van der Waals surface area contributed by atoms with Crippen LogP contribution in [-0.2, 0) is 6.42 Å². The summed E-state index contributed by atoms with van der Waals surface area (Å²) in [7, 11) is 0. The van der Waals surface area contributed by atoms with Gasteiger partial charge in [0, 0.05) is 20.7 Å². The maximum atomic E-state index is 5.56. The third kappa shape index (κ3) is 2.02. The maximum Gasteiger partial charge on any atom is 0.122 e. The summed E-state index contributed by atoms with van der Waals surface area (Å²) < 4.78 is 8.33. The topological polar surface area (TPSA) is 9.23 Å². The number of ether oxygens (including phenoxy) is 1. The van der Waals surface area contributed by atoms with Crippen molar-refractivity contribution in [3.8, 4) is 5.75 Å². The molecule has 96 valence electrons. The van der Waals surface area contributed by atoms with Crippen molar-refractivity contribution >= 4 is 48.0 Å². The number of benzene rings is 1. The molecule has 0 bridgehead atoms. The fraction of sp³-hybridized carbons (Fsp3) is 0.200. The van der Waals surface area contributed by atoms with Crippen molar-refractivity contribution in [2.75, 3.05) is 6.61 Å². The van der Waals surface area contributed by atoms with E-state index in [1.54, 1.807) is 0 Å². The lowest BCUT2D eigenvalue weighted by atomic mass is 10.1. The molecular formula is C15H11BrOS2. The highest BCUT2D eigenvalue weighted by molar-refractivity contribution is 9.09. The number of thiophene rings is 2. The zero-order valence-corrected chi connectivity index (χ0v) is 13.3. The molecule has 0 spiro atoms. The molecule has 1 atom stereocenters. The molecule has 0 radical (unpaired) electrons. The Kier molecular flexibility index (Phi) is 2.90. The minimum Gasteiger partial charge on any atom is -0.493 e. The van der Waals surface area contributed by atoms with Crippen LogP contribution in [0.15, 0.2) is 35.7 Å². The summed E-state index contributed by atoms with van der Waals surface area (Å²) in [6.07, 6.45) is 1.03. The second kappa shape index (κ2) is 4.62. The molecule has 0 N–H and O–H groups in total. The van der Waals surface area contributed by atoms with Gasteiger partial charge in [0.1, 0.15) is 5.75 Å². The lowest BCUT2D eigenvalue weighted by Gasteiger charge is -2.09. The molecular weight excluding hydrogens is 340 g/mol. The van der Waals surface area contributed by atoms with Gasteiger partial charge in [-0.3, -0.25) is 0 Å². The van der Waals surface area contributed by atoms with Gasteiger partial charge < -0.3 is 4.74 Å². The number of halogens is 1. The molecule has 1 aliphatic rings. The van der Waals surface area contributed by atoms with E-state index in [2.05, 4.69) is 51.6 Å². The van der Waals surface area contributed by atoms with E-state index in [0.29, 0.717) is 0 Å². The van der Waals surface area contributed by atoms with Crippen molar-refractivity contribution in [1.29, 1.82) is 0 Å². The van der Waals surface area contributed by atoms with Crippen LogP contribution >= 0.6 is 38.6 Å². The Morgan fingerprint density at radius 2 is 2.11 bits per heavy atom. The van der Waals surface area contributed by atoms with Gasteiger partial charge in [-0.15, -0.1) is 22.7 Å². The summed E-state index contributed by atoms with van der Waals surface area (Å²) >= 11 is 7.52. The van der Waals surface area contributed by atoms with Gasteiger partial charge in [-0.2, -0.15) is 0 Å². The SMILES string of the molecule is BrC(c1ccc2c(c1)CCO2)c1cc2sccc2s1. The van der Waals surface area contributed by atoms with Gasteiger partial charge in [0.2, 0.25) is 0 Å². The van der Waals surface area contributed by atoms with Crippen molar-refractivity contribution in [1.82, 2.24) is 0 Å². The Labute approximate surface area is 128 Å². The fourth-order valence-corrected chi connectivity index (χ4v) is 5.26. The molecule has 0 saturated heterocycles. The largest absolute Gasteiger partial charge is 0.493 e. The molecule has 2 aromatic heterocycles. The normalized spacial score (nSPS) is 15.4. The second-order valence-corrected chi connectivity index (χ2v) is 7.60. The zero-order valence-electron chi connectivity index (χ0n) is 10.1. The minimum atomic E-state index is 0.281. The van der Waals surface area contributed by atoms with Gasteiger partial charge in [0.15, 0.2) is 0 Å². The average Bonchev–Trinajstić information content (AvgIpc) is 3.11. The van der Waals surface area contributed by atoms with E-state index in [9.17, 15) is 0 Å². The van der Waals surface area contributed by atoms with Crippen LogP contribution < -0.4 is 4.74 Å². The Balaban J connectivity index is 1.73. The number of alkyl halides is 1. The van der Waals surface area contributed by atoms with Gasteiger partial charge in [-0.25, -0.2) is 0 Å². The van der Waals surface area contributed by atoms with Crippen LogP contribution in [0.5, 0.6) is 5.75 Å². The van der Waals surface area contributed by atoms with Crippen LogP contribution in [0.3, 0.4) is 0 Å². The Hall–Kier alpha value is -0.840. The molecule has 19 heavy (non-hydrogen) atoms. The Morgan fingerprint density at radius 1 is 1.16 bits per heavy atom. The molecule has 3 aromatic rings. The van der Waals surface area contributed by atoms with Crippen molar-refractivity contribution < 1.29 is 4.74 Å². The monoisotopic (exact) mass is 350 g/mol. The number of fused-ring (bicyclic) bond motifs is 2. The number of rotatable bonds is 2. The number of hydrogen-bond donors (Lipinski definition) is 0.